The van der Waals surface area contributed by atoms with Crippen LogP contribution in [0.15, 0.2) is 48.8 Å². The van der Waals surface area contributed by atoms with Crippen LogP contribution in [-0.2, 0) is 21.6 Å². The van der Waals surface area contributed by atoms with Gasteiger partial charge in [0, 0.05) is 30.5 Å². The summed E-state index contributed by atoms with van der Waals surface area (Å²) >= 11 is 6.22. The van der Waals surface area contributed by atoms with E-state index in [1.807, 2.05) is 35.2 Å². The van der Waals surface area contributed by atoms with E-state index in [-0.39, 0.29) is 12.0 Å². The van der Waals surface area contributed by atoms with Crippen molar-refractivity contribution in [3.8, 4) is 0 Å². The third kappa shape index (κ3) is 3.87. The Hall–Kier alpha value is -1.91. The van der Waals surface area contributed by atoms with Crippen molar-refractivity contribution in [3.63, 3.8) is 0 Å². The molecule has 2 fully saturated rings. The minimum absolute atomic E-state index is 0.0972. The van der Waals surface area contributed by atoms with E-state index in [1.165, 1.54) is 0 Å². The van der Waals surface area contributed by atoms with Gasteiger partial charge in [0.25, 0.3) is 0 Å². The molecule has 142 valence electrons. The number of ether oxygens (including phenoxy) is 1. The van der Waals surface area contributed by atoms with Gasteiger partial charge in [-0.3, -0.25) is 9.78 Å². The highest BCUT2D eigenvalue weighted by Gasteiger charge is 2.46. The van der Waals surface area contributed by atoms with E-state index in [4.69, 9.17) is 16.3 Å². The van der Waals surface area contributed by atoms with E-state index >= 15 is 0 Å². The third-order valence-electron chi connectivity index (χ3n) is 5.91. The van der Waals surface area contributed by atoms with Crippen LogP contribution in [0.25, 0.3) is 0 Å². The Kier molecular flexibility index (Phi) is 5.46. The normalized spacial score (nSPS) is 21.5. The molecule has 4 rings (SSSR count). The fourth-order valence-corrected chi connectivity index (χ4v) is 4.63. The molecule has 0 radical (unpaired) electrons. The molecule has 1 aromatic carbocycles. The molecule has 1 amide bonds. The van der Waals surface area contributed by atoms with E-state index in [1.54, 1.807) is 12.4 Å². The third-order valence-corrected chi connectivity index (χ3v) is 6.15. The molecule has 1 atom stereocenters. The predicted octanol–water partition coefficient (Wildman–Crippen LogP) is 4.36. The van der Waals surface area contributed by atoms with E-state index in [9.17, 15) is 4.79 Å². The summed E-state index contributed by atoms with van der Waals surface area (Å²) in [6.45, 7) is 2.00. The SMILES string of the molecule is O=C(N1CCC(OCc2ccncc2)C1)C1(c2cccc(Cl)c2)CCCC1. The van der Waals surface area contributed by atoms with Gasteiger partial charge in [0.15, 0.2) is 0 Å². The van der Waals surface area contributed by atoms with Gasteiger partial charge < -0.3 is 9.64 Å². The van der Waals surface area contributed by atoms with Gasteiger partial charge in [-0.15, -0.1) is 0 Å². The smallest absolute Gasteiger partial charge is 0.233 e. The Labute approximate surface area is 165 Å². The molecule has 0 N–H and O–H groups in total. The quantitative estimate of drug-likeness (QED) is 0.768. The van der Waals surface area contributed by atoms with Crippen LogP contribution in [0.2, 0.25) is 5.02 Å². The summed E-state index contributed by atoms with van der Waals surface area (Å²) in [4.78, 5) is 19.6. The van der Waals surface area contributed by atoms with Crippen molar-refractivity contribution in [2.45, 2.75) is 50.2 Å². The molecule has 0 bridgehead atoms. The van der Waals surface area contributed by atoms with Crippen molar-refractivity contribution in [1.29, 1.82) is 0 Å². The van der Waals surface area contributed by atoms with Crippen molar-refractivity contribution >= 4 is 17.5 Å². The van der Waals surface area contributed by atoms with Crippen LogP contribution in [0.1, 0.15) is 43.2 Å². The summed E-state index contributed by atoms with van der Waals surface area (Å²) in [7, 11) is 0. The van der Waals surface area contributed by atoms with Gasteiger partial charge in [0.05, 0.1) is 18.1 Å². The molecular weight excluding hydrogens is 360 g/mol. The van der Waals surface area contributed by atoms with Gasteiger partial charge in [-0.05, 0) is 54.7 Å². The highest BCUT2D eigenvalue weighted by atomic mass is 35.5. The van der Waals surface area contributed by atoms with Crippen LogP contribution >= 0.6 is 11.6 Å². The zero-order valence-corrected chi connectivity index (χ0v) is 16.2. The maximum absolute atomic E-state index is 13.5. The number of amides is 1. The van der Waals surface area contributed by atoms with Gasteiger partial charge >= 0.3 is 0 Å². The van der Waals surface area contributed by atoms with Crippen molar-refractivity contribution in [1.82, 2.24) is 9.88 Å². The molecular formula is C22H25ClN2O2. The van der Waals surface area contributed by atoms with Crippen molar-refractivity contribution in [2.75, 3.05) is 13.1 Å². The van der Waals surface area contributed by atoms with Gasteiger partial charge in [0.1, 0.15) is 0 Å². The summed E-state index contributed by atoms with van der Waals surface area (Å²) in [6.07, 6.45) is 8.54. The van der Waals surface area contributed by atoms with Crippen LogP contribution in [0, 0.1) is 0 Å². The molecule has 1 aromatic heterocycles. The number of nitrogens with zero attached hydrogens (tertiary/aromatic N) is 2. The van der Waals surface area contributed by atoms with Crippen molar-refractivity contribution in [3.05, 3.63) is 64.9 Å². The maximum atomic E-state index is 13.5. The lowest BCUT2D eigenvalue weighted by Gasteiger charge is -2.33. The summed E-state index contributed by atoms with van der Waals surface area (Å²) in [5, 5.41) is 0.701. The van der Waals surface area contributed by atoms with E-state index in [2.05, 4.69) is 11.1 Å². The van der Waals surface area contributed by atoms with Crippen molar-refractivity contribution < 1.29 is 9.53 Å². The summed E-state index contributed by atoms with van der Waals surface area (Å²) in [6, 6.07) is 11.8. The molecule has 1 unspecified atom stereocenters. The highest BCUT2D eigenvalue weighted by molar-refractivity contribution is 6.30. The summed E-state index contributed by atoms with van der Waals surface area (Å²) in [5.74, 6) is 0.247. The van der Waals surface area contributed by atoms with Gasteiger partial charge in [0.2, 0.25) is 5.91 Å². The van der Waals surface area contributed by atoms with Gasteiger partial charge in [-0.1, -0.05) is 36.6 Å². The Morgan fingerprint density at radius 3 is 2.74 bits per heavy atom. The number of rotatable bonds is 5. The molecule has 2 heterocycles. The largest absolute Gasteiger partial charge is 0.372 e. The molecule has 2 aliphatic rings. The van der Waals surface area contributed by atoms with Crippen LogP contribution in [-0.4, -0.2) is 35.0 Å². The predicted molar refractivity (Wildman–Crippen MR) is 106 cm³/mol. The first-order valence-electron chi connectivity index (χ1n) is 9.73. The number of hydrogen-bond donors (Lipinski definition) is 0. The number of likely N-dealkylation sites (tertiary alicyclic amines) is 1. The number of halogens is 1. The number of pyridine rings is 1. The molecule has 1 aliphatic carbocycles. The first-order chi connectivity index (χ1) is 13.2. The molecule has 4 nitrogen and oxygen atoms in total. The molecule has 1 saturated heterocycles. The lowest BCUT2D eigenvalue weighted by molar-refractivity contribution is -0.136. The minimum atomic E-state index is -0.412. The monoisotopic (exact) mass is 384 g/mol. The molecule has 2 aromatic rings. The Morgan fingerprint density at radius 2 is 2.00 bits per heavy atom. The second-order valence-electron chi connectivity index (χ2n) is 7.63. The lowest BCUT2D eigenvalue weighted by atomic mass is 9.77. The van der Waals surface area contributed by atoms with Crippen LogP contribution in [0.4, 0.5) is 0 Å². The number of carbonyl (C=O) groups excluding carboxylic acids is 1. The van der Waals surface area contributed by atoms with Crippen molar-refractivity contribution in [2.24, 2.45) is 0 Å². The van der Waals surface area contributed by atoms with E-state index in [0.29, 0.717) is 18.2 Å². The molecule has 5 heteroatoms. The highest BCUT2D eigenvalue weighted by Crippen LogP contribution is 2.43. The van der Waals surface area contributed by atoms with Crippen LogP contribution in [0.3, 0.4) is 0 Å². The standard InChI is InChI=1S/C22H25ClN2O2/c23-19-5-3-4-18(14-19)22(9-1-2-10-22)21(26)25-13-8-20(15-25)27-16-17-6-11-24-12-7-17/h3-7,11-12,14,20H,1-2,8-10,13,15-16H2. The number of benzene rings is 1. The topological polar surface area (TPSA) is 42.4 Å². The number of carbonyl (C=O) groups is 1. The average molecular weight is 385 g/mol. The first-order valence-corrected chi connectivity index (χ1v) is 10.1. The fraction of sp³-hybridized carbons (Fsp3) is 0.455. The lowest BCUT2D eigenvalue weighted by Crippen LogP contribution is -2.45. The van der Waals surface area contributed by atoms with Crippen LogP contribution in [0.5, 0.6) is 0 Å². The molecule has 27 heavy (non-hydrogen) atoms. The zero-order chi connectivity index (χ0) is 18.7. The minimum Gasteiger partial charge on any atom is -0.372 e. The Balaban J connectivity index is 1.44. The Morgan fingerprint density at radius 1 is 1.22 bits per heavy atom. The summed E-state index contributed by atoms with van der Waals surface area (Å²) in [5.41, 5.74) is 1.77. The average Bonchev–Trinajstić information content (AvgIpc) is 3.37. The second-order valence-corrected chi connectivity index (χ2v) is 8.06. The van der Waals surface area contributed by atoms with E-state index < -0.39 is 5.41 Å². The number of aromatic nitrogens is 1. The maximum Gasteiger partial charge on any atom is 0.233 e. The van der Waals surface area contributed by atoms with Gasteiger partial charge in [-0.2, -0.15) is 0 Å². The Bertz CT molecular complexity index is 790. The molecule has 0 spiro atoms. The number of hydrogen-bond acceptors (Lipinski definition) is 3. The second kappa shape index (κ2) is 7.99. The fourth-order valence-electron chi connectivity index (χ4n) is 4.44. The van der Waals surface area contributed by atoms with Crippen LogP contribution < -0.4 is 0 Å². The van der Waals surface area contributed by atoms with E-state index in [0.717, 1.165) is 49.8 Å². The van der Waals surface area contributed by atoms with Gasteiger partial charge in [-0.25, -0.2) is 0 Å². The molecule has 1 aliphatic heterocycles. The zero-order valence-electron chi connectivity index (χ0n) is 15.4. The first kappa shape index (κ1) is 18.5. The summed E-state index contributed by atoms with van der Waals surface area (Å²) < 4.78 is 6.05. The molecule has 1 saturated carbocycles.